The molecule has 1 fully saturated rings. The quantitative estimate of drug-likeness (QED) is 0.594. The van der Waals surface area contributed by atoms with Gasteiger partial charge in [0.25, 0.3) is 5.91 Å². The van der Waals surface area contributed by atoms with E-state index in [1.165, 1.54) is 31.2 Å². The minimum absolute atomic E-state index is 0.126. The van der Waals surface area contributed by atoms with Crippen molar-refractivity contribution in [2.24, 2.45) is 0 Å². The zero-order valence-corrected chi connectivity index (χ0v) is 16.2. The van der Waals surface area contributed by atoms with Gasteiger partial charge in [0.15, 0.2) is 0 Å². The third kappa shape index (κ3) is 4.89. The van der Waals surface area contributed by atoms with E-state index in [1.807, 2.05) is 5.32 Å². The highest BCUT2D eigenvalue weighted by molar-refractivity contribution is 7.89. The van der Waals surface area contributed by atoms with Crippen molar-refractivity contribution in [3.63, 3.8) is 0 Å². The summed E-state index contributed by atoms with van der Waals surface area (Å²) in [4.78, 5) is 22.7. The Morgan fingerprint density at radius 2 is 1.53 bits per heavy atom. The molecule has 12 heteroatoms. The minimum Gasteiger partial charge on any atom is -0.457 e. The van der Waals surface area contributed by atoms with Crippen molar-refractivity contribution in [2.75, 3.05) is 0 Å². The number of ether oxygens (including phenoxy) is 1. The van der Waals surface area contributed by atoms with Crippen LogP contribution < -0.4 is 20.1 Å². The third-order valence-corrected chi connectivity index (χ3v) is 5.77. The lowest BCUT2D eigenvalue weighted by molar-refractivity contribution is -0.137. The smallest absolute Gasteiger partial charge is 0.416 e. The maximum absolute atomic E-state index is 12.6. The number of nitrogens with one attached hydrogen (secondary N) is 3. The monoisotopic (exact) mass is 443 g/mol. The van der Waals surface area contributed by atoms with Gasteiger partial charge in [-0.05, 0) is 55.5 Å². The second-order valence-electron chi connectivity index (χ2n) is 6.45. The first kappa shape index (κ1) is 21.6. The summed E-state index contributed by atoms with van der Waals surface area (Å²) in [6.07, 6.45) is -4.46. The van der Waals surface area contributed by atoms with Gasteiger partial charge in [-0.2, -0.15) is 13.2 Å². The molecule has 2 aromatic carbocycles. The van der Waals surface area contributed by atoms with Crippen LogP contribution in [0.15, 0.2) is 53.4 Å². The Bertz CT molecular complexity index is 1050. The van der Waals surface area contributed by atoms with Gasteiger partial charge in [-0.25, -0.2) is 17.9 Å². The molecule has 0 bridgehead atoms. The molecule has 0 spiro atoms. The van der Waals surface area contributed by atoms with Crippen LogP contribution in [0.4, 0.5) is 18.0 Å². The maximum atomic E-state index is 12.6. The van der Waals surface area contributed by atoms with Crippen LogP contribution in [0.1, 0.15) is 12.5 Å². The van der Waals surface area contributed by atoms with E-state index in [0.717, 1.165) is 24.3 Å². The average Bonchev–Trinajstić information content (AvgIpc) is 3.00. The van der Waals surface area contributed by atoms with E-state index in [1.54, 1.807) is 0 Å². The highest BCUT2D eigenvalue weighted by atomic mass is 32.2. The predicted octanol–water partition coefficient (Wildman–Crippen LogP) is 2.37. The Labute approximate surface area is 169 Å². The van der Waals surface area contributed by atoms with Crippen LogP contribution in [0.5, 0.6) is 11.5 Å². The lowest BCUT2D eigenvalue weighted by Gasteiger charge is -2.18. The molecule has 3 rings (SSSR count). The highest BCUT2D eigenvalue weighted by Crippen LogP contribution is 2.31. The first-order valence-corrected chi connectivity index (χ1v) is 10.0. The van der Waals surface area contributed by atoms with E-state index in [-0.39, 0.29) is 16.4 Å². The molecule has 0 aromatic heterocycles. The van der Waals surface area contributed by atoms with Crippen molar-refractivity contribution < 1.29 is 35.9 Å². The molecule has 1 unspecified atom stereocenters. The summed E-state index contributed by atoms with van der Waals surface area (Å²) < 4.78 is 70.5. The summed E-state index contributed by atoms with van der Waals surface area (Å²) in [7, 11) is -4.01. The molecule has 2 aromatic rings. The second kappa shape index (κ2) is 7.95. The number of rotatable bonds is 6. The van der Waals surface area contributed by atoms with E-state index in [0.29, 0.717) is 0 Å². The molecule has 3 N–H and O–H groups in total. The molecule has 2 atom stereocenters. The normalized spacial score (nSPS) is 17.9. The van der Waals surface area contributed by atoms with Gasteiger partial charge < -0.3 is 10.1 Å². The topological polar surface area (TPSA) is 114 Å². The lowest BCUT2D eigenvalue weighted by atomic mass is 10.1. The first-order chi connectivity index (χ1) is 14.0. The molecule has 3 amide bonds. The van der Waals surface area contributed by atoms with Crippen molar-refractivity contribution in [1.82, 2.24) is 15.4 Å². The van der Waals surface area contributed by atoms with Crippen LogP contribution >= 0.6 is 0 Å². The SMILES string of the molecule is C[C@@H](NS(=O)(=O)c1ccc(Oc2ccc(C(F)(F)F)cc2)cc1)C1NC(=O)NC1=O. The van der Waals surface area contributed by atoms with Crippen molar-refractivity contribution in [2.45, 2.75) is 30.1 Å². The number of hydrogen-bond acceptors (Lipinski definition) is 5. The van der Waals surface area contributed by atoms with Crippen LogP contribution in [0.2, 0.25) is 0 Å². The van der Waals surface area contributed by atoms with Crippen LogP contribution in [-0.2, 0) is 21.0 Å². The summed E-state index contributed by atoms with van der Waals surface area (Å²) in [5, 5.41) is 4.32. The number of carbonyl (C=O) groups is 2. The van der Waals surface area contributed by atoms with E-state index < -0.39 is 45.8 Å². The molecule has 160 valence electrons. The van der Waals surface area contributed by atoms with Gasteiger partial charge in [0.1, 0.15) is 17.5 Å². The Morgan fingerprint density at radius 1 is 1.00 bits per heavy atom. The van der Waals surface area contributed by atoms with E-state index >= 15 is 0 Å². The lowest BCUT2D eigenvalue weighted by Crippen LogP contribution is -2.49. The fraction of sp³-hybridized carbons (Fsp3) is 0.222. The Balaban J connectivity index is 1.67. The number of imide groups is 1. The van der Waals surface area contributed by atoms with Crippen molar-refractivity contribution >= 4 is 22.0 Å². The molecule has 0 radical (unpaired) electrons. The number of hydrogen-bond donors (Lipinski definition) is 3. The first-order valence-electron chi connectivity index (χ1n) is 8.54. The fourth-order valence-electron chi connectivity index (χ4n) is 2.70. The van der Waals surface area contributed by atoms with Gasteiger partial charge in [-0.15, -0.1) is 0 Å². The van der Waals surface area contributed by atoms with Gasteiger partial charge >= 0.3 is 12.2 Å². The summed E-state index contributed by atoms with van der Waals surface area (Å²) in [5.74, 6) is -0.284. The van der Waals surface area contributed by atoms with Crippen LogP contribution in [0.3, 0.4) is 0 Å². The summed E-state index contributed by atoms with van der Waals surface area (Å²) in [6, 6.07) is 6.52. The van der Waals surface area contributed by atoms with E-state index in [9.17, 15) is 31.2 Å². The Kier molecular flexibility index (Phi) is 5.72. The van der Waals surface area contributed by atoms with Crippen LogP contribution in [-0.4, -0.2) is 32.4 Å². The van der Waals surface area contributed by atoms with Crippen molar-refractivity contribution in [1.29, 1.82) is 0 Å². The molecule has 0 saturated carbocycles. The molecule has 1 saturated heterocycles. The largest absolute Gasteiger partial charge is 0.457 e. The van der Waals surface area contributed by atoms with Gasteiger partial charge in [0, 0.05) is 6.04 Å². The van der Waals surface area contributed by atoms with Gasteiger partial charge in [0.2, 0.25) is 10.0 Å². The number of halogens is 3. The third-order valence-electron chi connectivity index (χ3n) is 4.20. The molecule has 0 aliphatic carbocycles. The van der Waals surface area contributed by atoms with Gasteiger partial charge in [-0.1, -0.05) is 0 Å². The van der Waals surface area contributed by atoms with Gasteiger partial charge in [0.05, 0.1) is 10.5 Å². The maximum Gasteiger partial charge on any atom is 0.416 e. The van der Waals surface area contributed by atoms with Gasteiger partial charge in [-0.3, -0.25) is 10.1 Å². The number of amides is 3. The second-order valence-corrected chi connectivity index (χ2v) is 8.16. The van der Waals surface area contributed by atoms with E-state index in [2.05, 4.69) is 10.0 Å². The molecule has 1 heterocycles. The Hall–Kier alpha value is -3.12. The average molecular weight is 443 g/mol. The number of urea groups is 1. The summed E-state index contributed by atoms with van der Waals surface area (Å²) >= 11 is 0. The number of alkyl halides is 3. The summed E-state index contributed by atoms with van der Waals surface area (Å²) in [5.41, 5.74) is -0.816. The Morgan fingerprint density at radius 3 is 2.00 bits per heavy atom. The minimum atomic E-state index is -4.46. The number of benzene rings is 2. The van der Waals surface area contributed by atoms with Crippen molar-refractivity contribution in [3.8, 4) is 11.5 Å². The molecule has 30 heavy (non-hydrogen) atoms. The van der Waals surface area contributed by atoms with Crippen LogP contribution in [0, 0.1) is 0 Å². The molecule has 1 aliphatic heterocycles. The van der Waals surface area contributed by atoms with Crippen molar-refractivity contribution in [3.05, 3.63) is 54.1 Å². The molecular formula is C18H16F3N3O5S. The summed E-state index contributed by atoms with van der Waals surface area (Å²) in [6.45, 7) is 1.43. The molecule has 8 nitrogen and oxygen atoms in total. The fourth-order valence-corrected chi connectivity index (χ4v) is 3.96. The predicted molar refractivity (Wildman–Crippen MR) is 98.2 cm³/mol. The molecule has 1 aliphatic rings. The number of sulfonamides is 1. The zero-order chi connectivity index (χ0) is 22.1. The van der Waals surface area contributed by atoms with E-state index in [4.69, 9.17) is 4.74 Å². The number of carbonyl (C=O) groups excluding carboxylic acids is 2. The van der Waals surface area contributed by atoms with Crippen LogP contribution in [0.25, 0.3) is 0 Å². The molecular weight excluding hydrogens is 427 g/mol. The highest BCUT2D eigenvalue weighted by Gasteiger charge is 2.36. The zero-order valence-electron chi connectivity index (χ0n) is 15.4. The standard InChI is InChI=1S/C18H16F3N3O5S/c1-10(15-16(25)23-17(26)22-15)24-30(27,28)14-8-6-13(7-9-14)29-12-4-2-11(3-5-12)18(19,20)21/h2-10,15,24H,1H3,(H2,22,23,25,26)/t10-,15?/m1/s1.